The molecular weight excluding hydrogens is 378 g/mol. The average Bonchev–Trinajstić information content (AvgIpc) is 2.71. The van der Waals surface area contributed by atoms with Gasteiger partial charge in [0.1, 0.15) is 6.54 Å². The number of fused-ring (bicyclic) bond motifs is 1. The van der Waals surface area contributed by atoms with Gasteiger partial charge in [-0.05, 0) is 42.0 Å². The van der Waals surface area contributed by atoms with Crippen LogP contribution < -0.4 is 16.6 Å². The van der Waals surface area contributed by atoms with Crippen molar-refractivity contribution >= 4 is 22.5 Å². The van der Waals surface area contributed by atoms with Crippen LogP contribution in [0.4, 0.5) is 5.69 Å². The number of hydrogen-bond acceptors (Lipinski definition) is 3. The van der Waals surface area contributed by atoms with Crippen LogP contribution >= 0.6 is 0 Å². The summed E-state index contributed by atoms with van der Waals surface area (Å²) in [6.07, 6.45) is 0. The maximum Gasteiger partial charge on any atom is 0.331 e. The predicted octanol–water partition coefficient (Wildman–Crippen LogP) is 4.07. The molecule has 3 rings (SSSR count). The molecule has 0 atom stereocenters. The van der Waals surface area contributed by atoms with Gasteiger partial charge in [0.25, 0.3) is 5.56 Å². The smallest absolute Gasteiger partial charge is 0.324 e. The molecule has 0 saturated heterocycles. The van der Waals surface area contributed by atoms with Gasteiger partial charge in [-0.3, -0.25) is 18.7 Å². The lowest BCUT2D eigenvalue weighted by atomic mass is 9.92. The van der Waals surface area contributed by atoms with E-state index in [1.54, 1.807) is 31.2 Å². The third-order valence-corrected chi connectivity index (χ3v) is 5.39. The van der Waals surface area contributed by atoms with Crippen molar-refractivity contribution in [2.24, 2.45) is 0 Å². The first-order valence-electron chi connectivity index (χ1n) is 10.4. The Labute approximate surface area is 176 Å². The number of carbonyl (C=O) groups is 1. The number of aromatic nitrogens is 2. The molecule has 0 radical (unpaired) electrons. The van der Waals surface area contributed by atoms with Crippen LogP contribution in [0.25, 0.3) is 10.9 Å². The van der Waals surface area contributed by atoms with Crippen LogP contribution in [0.15, 0.2) is 52.1 Å². The third kappa shape index (κ3) is 3.95. The molecule has 0 unspecified atom stereocenters. The quantitative estimate of drug-likeness (QED) is 0.669. The number of carbonyl (C=O) groups excluding carboxylic acids is 1. The molecule has 0 bridgehead atoms. The van der Waals surface area contributed by atoms with E-state index in [1.807, 2.05) is 18.2 Å². The number of nitrogens with one attached hydrogen (secondary N) is 1. The highest BCUT2D eigenvalue weighted by Crippen LogP contribution is 2.32. The molecule has 1 N–H and O–H groups in total. The monoisotopic (exact) mass is 407 g/mol. The number of amides is 1. The highest BCUT2D eigenvalue weighted by atomic mass is 16.2. The zero-order chi connectivity index (χ0) is 22.0. The number of hydrogen-bond donors (Lipinski definition) is 1. The van der Waals surface area contributed by atoms with Gasteiger partial charge in [0.2, 0.25) is 5.91 Å². The summed E-state index contributed by atoms with van der Waals surface area (Å²) in [5.74, 6) is 0.188. The molecule has 1 heterocycles. The van der Waals surface area contributed by atoms with E-state index in [9.17, 15) is 14.4 Å². The first-order chi connectivity index (χ1) is 14.3. The van der Waals surface area contributed by atoms with Gasteiger partial charge in [-0.25, -0.2) is 4.79 Å². The minimum Gasteiger partial charge on any atom is -0.324 e. The summed E-state index contributed by atoms with van der Waals surface area (Å²) in [4.78, 5) is 38.6. The van der Waals surface area contributed by atoms with Crippen molar-refractivity contribution in [3.8, 4) is 0 Å². The summed E-state index contributed by atoms with van der Waals surface area (Å²) in [6, 6.07) is 12.9. The zero-order valence-electron chi connectivity index (χ0n) is 18.2. The van der Waals surface area contributed by atoms with Gasteiger partial charge in [0.15, 0.2) is 0 Å². The van der Waals surface area contributed by atoms with Crippen LogP contribution in [0.3, 0.4) is 0 Å². The van der Waals surface area contributed by atoms with Crippen molar-refractivity contribution in [2.75, 3.05) is 5.32 Å². The third-order valence-electron chi connectivity index (χ3n) is 5.39. The van der Waals surface area contributed by atoms with Crippen molar-refractivity contribution < 1.29 is 4.79 Å². The van der Waals surface area contributed by atoms with Crippen LogP contribution in [0, 0.1) is 0 Å². The Bertz CT molecular complexity index is 1180. The molecule has 1 amide bonds. The second-order valence-corrected chi connectivity index (χ2v) is 8.10. The molecule has 0 aliphatic heterocycles. The second kappa shape index (κ2) is 8.69. The molecular formula is C24H29N3O3. The largest absolute Gasteiger partial charge is 0.331 e. The molecule has 3 aromatic rings. The van der Waals surface area contributed by atoms with Crippen molar-refractivity contribution in [2.45, 2.75) is 59.5 Å². The first kappa shape index (κ1) is 21.6. The summed E-state index contributed by atoms with van der Waals surface area (Å²) in [6.45, 7) is 10.2. The fourth-order valence-electron chi connectivity index (χ4n) is 3.82. The Kier molecular flexibility index (Phi) is 6.25. The molecule has 30 heavy (non-hydrogen) atoms. The molecule has 6 nitrogen and oxygen atoms in total. The Morgan fingerprint density at radius 1 is 0.900 bits per heavy atom. The summed E-state index contributed by atoms with van der Waals surface area (Å²) in [5, 5.41) is 3.48. The van der Waals surface area contributed by atoms with E-state index < -0.39 is 5.69 Å². The van der Waals surface area contributed by atoms with Crippen molar-refractivity contribution in [3.63, 3.8) is 0 Å². The van der Waals surface area contributed by atoms with E-state index in [1.165, 1.54) is 4.57 Å². The lowest BCUT2D eigenvalue weighted by Gasteiger charge is -2.20. The molecule has 158 valence electrons. The molecule has 6 heteroatoms. The maximum absolute atomic E-state index is 13.1. The number of rotatable bonds is 6. The number of nitrogens with zero attached hydrogens (tertiary/aromatic N) is 2. The van der Waals surface area contributed by atoms with Gasteiger partial charge >= 0.3 is 5.69 Å². The summed E-state index contributed by atoms with van der Waals surface area (Å²) in [5.41, 5.74) is 2.59. The number of benzene rings is 2. The van der Waals surface area contributed by atoms with Crippen LogP contribution in [-0.2, 0) is 17.9 Å². The molecule has 0 fully saturated rings. The highest BCUT2D eigenvalue weighted by molar-refractivity contribution is 5.93. The van der Waals surface area contributed by atoms with E-state index in [-0.39, 0.29) is 36.4 Å². The highest BCUT2D eigenvalue weighted by Gasteiger charge is 2.18. The zero-order valence-corrected chi connectivity index (χ0v) is 18.2. The molecule has 1 aromatic heterocycles. The summed E-state index contributed by atoms with van der Waals surface area (Å²) < 4.78 is 2.54. The normalized spacial score (nSPS) is 11.4. The maximum atomic E-state index is 13.1. The number of para-hydroxylation sites is 2. The molecule has 0 aliphatic rings. The van der Waals surface area contributed by atoms with Gasteiger partial charge in [-0.2, -0.15) is 0 Å². The summed E-state index contributed by atoms with van der Waals surface area (Å²) in [7, 11) is 0. The van der Waals surface area contributed by atoms with Gasteiger partial charge in [0, 0.05) is 12.2 Å². The Hall–Kier alpha value is -3.15. The van der Waals surface area contributed by atoms with Crippen LogP contribution in [0.5, 0.6) is 0 Å². The second-order valence-electron chi connectivity index (χ2n) is 8.10. The lowest BCUT2D eigenvalue weighted by molar-refractivity contribution is -0.116. The van der Waals surface area contributed by atoms with Crippen molar-refractivity contribution in [1.82, 2.24) is 9.13 Å². The number of anilines is 1. The van der Waals surface area contributed by atoms with Gasteiger partial charge in [-0.15, -0.1) is 0 Å². The van der Waals surface area contributed by atoms with Gasteiger partial charge < -0.3 is 5.32 Å². The minimum absolute atomic E-state index is 0.163. The minimum atomic E-state index is -0.474. The first-order valence-corrected chi connectivity index (χ1v) is 10.4. The van der Waals surface area contributed by atoms with Crippen molar-refractivity contribution in [3.05, 3.63) is 74.4 Å². The van der Waals surface area contributed by atoms with Crippen LogP contribution in [0.1, 0.15) is 57.6 Å². The fourth-order valence-corrected chi connectivity index (χ4v) is 3.82. The van der Waals surface area contributed by atoms with E-state index in [2.05, 4.69) is 33.0 Å². The molecule has 0 saturated carbocycles. The van der Waals surface area contributed by atoms with E-state index in [0.717, 1.165) is 21.4 Å². The Balaban J connectivity index is 2.06. The molecule has 0 aliphatic carbocycles. The fraction of sp³-hybridized carbons (Fsp3) is 0.375. The average molecular weight is 408 g/mol. The van der Waals surface area contributed by atoms with Crippen LogP contribution in [-0.4, -0.2) is 15.0 Å². The standard InChI is InChI=1S/C24H29N3O3/c1-6-26-23(29)19-10-7-8-13-20(19)27(24(26)30)14-21(28)25-22-17(15(2)3)11-9-12-18(22)16(4)5/h7-13,15-16H,6,14H2,1-5H3,(H,25,28). The molecule has 2 aromatic carbocycles. The Morgan fingerprint density at radius 3 is 2.07 bits per heavy atom. The SMILES string of the molecule is CCn1c(=O)c2ccccc2n(CC(=O)Nc2c(C(C)C)cccc2C(C)C)c1=O. The molecule has 0 spiro atoms. The van der Waals surface area contributed by atoms with Crippen molar-refractivity contribution in [1.29, 1.82) is 0 Å². The Morgan fingerprint density at radius 2 is 1.50 bits per heavy atom. The van der Waals surface area contributed by atoms with Gasteiger partial charge in [0.05, 0.1) is 10.9 Å². The van der Waals surface area contributed by atoms with Crippen LogP contribution in [0.2, 0.25) is 0 Å². The topological polar surface area (TPSA) is 73.1 Å². The van der Waals surface area contributed by atoms with E-state index in [4.69, 9.17) is 0 Å². The lowest BCUT2D eigenvalue weighted by Crippen LogP contribution is -2.41. The van der Waals surface area contributed by atoms with Gasteiger partial charge in [-0.1, -0.05) is 58.0 Å². The van der Waals surface area contributed by atoms with E-state index >= 15 is 0 Å². The van der Waals surface area contributed by atoms with E-state index in [0.29, 0.717) is 10.9 Å². The predicted molar refractivity (Wildman–Crippen MR) is 121 cm³/mol. The summed E-state index contributed by atoms with van der Waals surface area (Å²) >= 11 is 0.